The molecule has 0 atom stereocenters. The van der Waals surface area contributed by atoms with Crippen LogP contribution in [0.2, 0.25) is 0 Å². The van der Waals surface area contributed by atoms with Crippen LogP contribution >= 0.6 is 0 Å². The fraction of sp³-hybridized carbons (Fsp3) is 0.333. The lowest BCUT2D eigenvalue weighted by Crippen LogP contribution is -2.31. The van der Waals surface area contributed by atoms with Gasteiger partial charge in [-0.05, 0) is 55.3 Å². The molecule has 1 N–H and O–H groups in total. The highest BCUT2D eigenvalue weighted by Crippen LogP contribution is 2.22. The number of anilines is 1. The van der Waals surface area contributed by atoms with Gasteiger partial charge in [-0.3, -0.25) is 4.79 Å². The van der Waals surface area contributed by atoms with Crippen molar-refractivity contribution in [2.45, 2.75) is 30.6 Å². The molecule has 1 aliphatic rings. The van der Waals surface area contributed by atoms with Crippen molar-refractivity contribution >= 4 is 21.6 Å². The Labute approximate surface area is 171 Å². The van der Waals surface area contributed by atoms with Gasteiger partial charge in [-0.15, -0.1) is 0 Å². The molecular weight excluding hydrogens is 390 g/mol. The molecule has 1 fully saturated rings. The maximum absolute atomic E-state index is 12.8. The molecule has 0 spiro atoms. The van der Waals surface area contributed by atoms with Crippen LogP contribution < -0.4 is 10.1 Å². The summed E-state index contributed by atoms with van der Waals surface area (Å²) in [5.41, 5.74) is 0.934. The smallest absolute Gasteiger partial charge is 0.262 e. The molecule has 152 valence electrons. The third-order valence-electron chi connectivity index (χ3n) is 4.67. The average molecular weight is 413 g/mol. The first-order valence-corrected chi connectivity index (χ1v) is 11.0. The van der Waals surface area contributed by atoms with E-state index < -0.39 is 10.0 Å². The lowest BCUT2D eigenvalue weighted by atomic mass is 10.2. The monoisotopic (exact) mass is 413 g/mol. The first-order chi connectivity index (χ1) is 14.0. The molecule has 29 heavy (non-hydrogen) atoms. The third-order valence-corrected chi connectivity index (χ3v) is 6.59. The summed E-state index contributed by atoms with van der Waals surface area (Å²) in [6.45, 7) is 0.874. The maximum Gasteiger partial charge on any atom is 0.262 e. The number of rotatable bonds is 6. The summed E-state index contributed by atoms with van der Waals surface area (Å²) in [4.78, 5) is 12.3. The minimum Gasteiger partial charge on any atom is -0.484 e. The minimum atomic E-state index is -3.51. The minimum absolute atomic E-state index is 0.220. The third kappa shape index (κ3) is 5.56. The van der Waals surface area contributed by atoms with Crippen molar-refractivity contribution in [2.24, 2.45) is 0 Å². The Balaban J connectivity index is 1.58. The summed E-state index contributed by atoms with van der Waals surface area (Å²) >= 11 is 0. The van der Waals surface area contributed by atoms with Crippen LogP contribution in [-0.4, -0.2) is 38.3 Å². The average Bonchev–Trinajstić information content (AvgIpc) is 3.03. The van der Waals surface area contributed by atoms with Crippen molar-refractivity contribution in [1.82, 2.24) is 4.31 Å². The molecular formula is C21H23N3O4S. The van der Waals surface area contributed by atoms with Gasteiger partial charge in [0.25, 0.3) is 5.91 Å². The van der Waals surface area contributed by atoms with Crippen molar-refractivity contribution in [3.8, 4) is 11.8 Å². The normalized spacial score (nSPS) is 15.1. The lowest BCUT2D eigenvalue weighted by Gasteiger charge is -2.20. The Hall–Kier alpha value is -2.89. The Morgan fingerprint density at radius 3 is 2.41 bits per heavy atom. The Kier molecular flexibility index (Phi) is 6.86. The van der Waals surface area contributed by atoms with Crippen molar-refractivity contribution in [3.05, 3.63) is 54.1 Å². The molecule has 8 heteroatoms. The number of nitrogens with one attached hydrogen (secondary N) is 1. The van der Waals surface area contributed by atoms with Gasteiger partial charge in [-0.25, -0.2) is 8.42 Å². The summed E-state index contributed by atoms with van der Waals surface area (Å²) < 4.78 is 32.5. The second-order valence-electron chi connectivity index (χ2n) is 6.82. The van der Waals surface area contributed by atoms with Gasteiger partial charge in [0.2, 0.25) is 10.0 Å². The Bertz CT molecular complexity index is 989. The summed E-state index contributed by atoms with van der Waals surface area (Å²) in [5, 5.41) is 11.6. The van der Waals surface area contributed by atoms with E-state index in [-0.39, 0.29) is 17.4 Å². The first-order valence-electron chi connectivity index (χ1n) is 9.52. The molecule has 2 aromatic rings. The van der Waals surface area contributed by atoms with Gasteiger partial charge in [0.1, 0.15) is 5.75 Å². The predicted molar refractivity (Wildman–Crippen MR) is 109 cm³/mol. The molecule has 1 saturated heterocycles. The quantitative estimate of drug-likeness (QED) is 0.784. The molecule has 0 saturated carbocycles. The van der Waals surface area contributed by atoms with Gasteiger partial charge < -0.3 is 10.1 Å². The van der Waals surface area contributed by atoms with E-state index in [9.17, 15) is 13.2 Å². The lowest BCUT2D eigenvalue weighted by molar-refractivity contribution is -0.118. The number of ether oxygens (including phenoxy) is 1. The molecule has 0 bridgehead atoms. The van der Waals surface area contributed by atoms with Crippen molar-refractivity contribution in [1.29, 1.82) is 5.26 Å². The van der Waals surface area contributed by atoms with Gasteiger partial charge in [-0.1, -0.05) is 18.9 Å². The Morgan fingerprint density at radius 1 is 1.07 bits per heavy atom. The van der Waals surface area contributed by atoms with Crippen LogP contribution in [-0.2, 0) is 14.8 Å². The number of carbonyl (C=O) groups excluding carboxylic acids is 1. The van der Waals surface area contributed by atoms with Crippen LogP contribution in [0.15, 0.2) is 53.4 Å². The zero-order chi connectivity index (χ0) is 20.7. The van der Waals surface area contributed by atoms with Crippen LogP contribution in [0.25, 0.3) is 0 Å². The van der Waals surface area contributed by atoms with Crippen LogP contribution in [0.1, 0.15) is 31.2 Å². The molecule has 2 aromatic carbocycles. The molecule has 0 unspecified atom stereocenters. The van der Waals surface area contributed by atoms with Crippen LogP contribution in [0.4, 0.5) is 5.69 Å². The highest BCUT2D eigenvalue weighted by molar-refractivity contribution is 7.89. The van der Waals surface area contributed by atoms with E-state index in [1.807, 2.05) is 6.07 Å². The first kappa shape index (κ1) is 20.8. The number of benzene rings is 2. The fourth-order valence-electron chi connectivity index (χ4n) is 3.14. The zero-order valence-corrected chi connectivity index (χ0v) is 16.8. The van der Waals surface area contributed by atoms with E-state index in [0.29, 0.717) is 30.1 Å². The van der Waals surface area contributed by atoms with Crippen molar-refractivity contribution in [2.75, 3.05) is 25.0 Å². The van der Waals surface area contributed by atoms with E-state index in [0.717, 1.165) is 25.7 Å². The second kappa shape index (κ2) is 9.54. The summed E-state index contributed by atoms with van der Waals surface area (Å²) in [6.07, 6.45) is 3.87. The molecule has 0 aromatic heterocycles. The molecule has 7 nitrogen and oxygen atoms in total. The van der Waals surface area contributed by atoms with E-state index >= 15 is 0 Å². The highest BCUT2D eigenvalue weighted by atomic mass is 32.2. The van der Waals surface area contributed by atoms with Gasteiger partial charge in [0.15, 0.2) is 6.61 Å². The number of hydrogen-bond donors (Lipinski definition) is 1. The van der Waals surface area contributed by atoms with Crippen LogP contribution in [0.3, 0.4) is 0 Å². The molecule has 1 aliphatic heterocycles. The standard InChI is InChI=1S/C21H23N3O4S/c22-15-17-6-5-7-19(14-17)28-16-21(25)23-18-8-10-20(11-9-18)29(26,27)24-12-3-1-2-4-13-24/h5-11,14H,1-4,12-13,16H2,(H,23,25). The van der Waals surface area contributed by atoms with Crippen LogP contribution in [0, 0.1) is 11.3 Å². The van der Waals surface area contributed by atoms with Crippen LogP contribution in [0.5, 0.6) is 5.75 Å². The van der Waals surface area contributed by atoms with E-state index in [1.165, 1.54) is 16.4 Å². The summed E-state index contributed by atoms with van der Waals surface area (Å²) in [7, 11) is -3.51. The number of hydrogen-bond acceptors (Lipinski definition) is 5. The summed E-state index contributed by atoms with van der Waals surface area (Å²) in [6, 6.07) is 14.7. The second-order valence-corrected chi connectivity index (χ2v) is 8.76. The molecule has 0 radical (unpaired) electrons. The number of nitriles is 1. The SMILES string of the molecule is N#Cc1cccc(OCC(=O)Nc2ccc(S(=O)(=O)N3CCCCCC3)cc2)c1. The molecule has 0 aliphatic carbocycles. The van der Waals surface area contributed by atoms with E-state index in [2.05, 4.69) is 5.32 Å². The number of sulfonamides is 1. The molecule has 1 heterocycles. The number of nitrogens with zero attached hydrogens (tertiary/aromatic N) is 2. The number of amides is 1. The summed E-state index contributed by atoms with van der Waals surface area (Å²) in [5.74, 6) is 0.0496. The highest BCUT2D eigenvalue weighted by Gasteiger charge is 2.24. The van der Waals surface area contributed by atoms with Gasteiger partial charge in [-0.2, -0.15) is 9.57 Å². The van der Waals surface area contributed by atoms with E-state index in [4.69, 9.17) is 10.00 Å². The predicted octanol–water partition coefficient (Wildman–Crippen LogP) is 3.14. The largest absolute Gasteiger partial charge is 0.484 e. The van der Waals surface area contributed by atoms with Gasteiger partial charge in [0, 0.05) is 18.8 Å². The molecule has 3 rings (SSSR count). The number of carbonyl (C=O) groups is 1. The topological polar surface area (TPSA) is 99.5 Å². The molecule has 1 amide bonds. The zero-order valence-electron chi connectivity index (χ0n) is 16.0. The van der Waals surface area contributed by atoms with E-state index in [1.54, 1.807) is 36.4 Å². The van der Waals surface area contributed by atoms with Crippen molar-refractivity contribution in [3.63, 3.8) is 0 Å². The Morgan fingerprint density at radius 2 is 1.76 bits per heavy atom. The van der Waals surface area contributed by atoms with Gasteiger partial charge in [0.05, 0.1) is 16.5 Å². The maximum atomic E-state index is 12.8. The van der Waals surface area contributed by atoms with Gasteiger partial charge >= 0.3 is 0 Å². The fourth-order valence-corrected chi connectivity index (χ4v) is 4.66. The van der Waals surface area contributed by atoms with Crippen molar-refractivity contribution < 1.29 is 17.9 Å².